The van der Waals surface area contributed by atoms with Crippen LogP contribution in [0.4, 0.5) is 0 Å². The van der Waals surface area contributed by atoms with E-state index in [-0.39, 0.29) is 17.9 Å². The normalized spacial score (nSPS) is 25.7. The monoisotopic (exact) mass is 392 g/mol. The minimum Gasteiger partial charge on any atom is -0.497 e. The van der Waals surface area contributed by atoms with E-state index in [1.54, 1.807) is 7.11 Å². The standard InChI is InChI=1S/C23H24N2O4/c1-28-19-8-3-6-17(14-19)16-5-2-7-18(13-16)22(27)24-11-9-23-20(24)15-21(26)25(23)10-4-12-29-23/h2-3,5-8,13-14,20H,4,9-12,15H2,1H3/t20-,23+/m1/s1. The summed E-state index contributed by atoms with van der Waals surface area (Å²) in [5.41, 5.74) is 1.97. The summed E-state index contributed by atoms with van der Waals surface area (Å²) in [5.74, 6) is 0.831. The molecule has 3 aliphatic heterocycles. The molecule has 0 unspecified atom stereocenters. The molecule has 2 aromatic rings. The Labute approximate surface area is 170 Å². The van der Waals surface area contributed by atoms with Crippen LogP contribution < -0.4 is 4.74 Å². The van der Waals surface area contributed by atoms with Gasteiger partial charge in [0.05, 0.1) is 26.2 Å². The van der Waals surface area contributed by atoms with Crippen molar-refractivity contribution in [1.29, 1.82) is 0 Å². The van der Waals surface area contributed by atoms with Crippen LogP contribution >= 0.6 is 0 Å². The highest BCUT2D eigenvalue weighted by Gasteiger charge is 2.61. The highest BCUT2D eigenvalue weighted by Crippen LogP contribution is 2.45. The van der Waals surface area contributed by atoms with Gasteiger partial charge in [-0.15, -0.1) is 0 Å². The fourth-order valence-corrected chi connectivity index (χ4v) is 4.99. The molecule has 0 radical (unpaired) electrons. The molecule has 0 saturated carbocycles. The molecule has 2 atom stereocenters. The van der Waals surface area contributed by atoms with Gasteiger partial charge in [0.25, 0.3) is 5.91 Å². The molecular formula is C23H24N2O4. The van der Waals surface area contributed by atoms with E-state index in [0.717, 1.165) is 29.8 Å². The summed E-state index contributed by atoms with van der Waals surface area (Å²) in [5, 5.41) is 0. The van der Waals surface area contributed by atoms with Crippen molar-refractivity contribution in [3.8, 4) is 16.9 Å². The maximum Gasteiger partial charge on any atom is 0.254 e. The molecule has 150 valence electrons. The van der Waals surface area contributed by atoms with E-state index >= 15 is 0 Å². The maximum atomic E-state index is 13.4. The number of likely N-dealkylation sites (tertiary alicyclic amines) is 1. The molecule has 3 saturated heterocycles. The lowest BCUT2D eigenvalue weighted by molar-refractivity contribution is -0.179. The van der Waals surface area contributed by atoms with Crippen LogP contribution in [0.2, 0.25) is 0 Å². The lowest BCUT2D eigenvalue weighted by Gasteiger charge is -2.42. The zero-order valence-corrected chi connectivity index (χ0v) is 16.5. The quantitative estimate of drug-likeness (QED) is 0.806. The van der Waals surface area contributed by atoms with E-state index < -0.39 is 5.72 Å². The van der Waals surface area contributed by atoms with Crippen LogP contribution in [0.1, 0.15) is 29.6 Å². The summed E-state index contributed by atoms with van der Waals surface area (Å²) in [4.78, 5) is 29.6. The lowest BCUT2D eigenvalue weighted by Crippen LogP contribution is -2.56. The van der Waals surface area contributed by atoms with Crippen LogP contribution in [-0.2, 0) is 9.53 Å². The van der Waals surface area contributed by atoms with Crippen LogP contribution in [0.25, 0.3) is 11.1 Å². The second-order valence-corrected chi connectivity index (χ2v) is 7.87. The number of carbonyl (C=O) groups is 2. The second kappa shape index (κ2) is 6.88. The molecule has 3 fully saturated rings. The summed E-state index contributed by atoms with van der Waals surface area (Å²) < 4.78 is 11.4. The topological polar surface area (TPSA) is 59.1 Å². The summed E-state index contributed by atoms with van der Waals surface area (Å²) in [6, 6.07) is 15.2. The van der Waals surface area contributed by atoms with Crippen molar-refractivity contribution in [2.45, 2.75) is 31.0 Å². The SMILES string of the molecule is COc1cccc(-c2cccc(C(=O)N3CC[C@@]45OCCCN4C(=O)C[C@@H]35)c2)c1. The summed E-state index contributed by atoms with van der Waals surface area (Å²) in [6.07, 6.45) is 1.89. The molecule has 0 bridgehead atoms. The molecule has 6 heteroatoms. The Morgan fingerprint density at radius 2 is 1.93 bits per heavy atom. The molecular weight excluding hydrogens is 368 g/mol. The van der Waals surface area contributed by atoms with Gasteiger partial charge in [0.1, 0.15) is 5.75 Å². The van der Waals surface area contributed by atoms with Gasteiger partial charge in [0.2, 0.25) is 5.91 Å². The van der Waals surface area contributed by atoms with Gasteiger partial charge < -0.3 is 19.3 Å². The molecule has 3 aliphatic rings. The average molecular weight is 392 g/mol. The zero-order chi connectivity index (χ0) is 20.0. The van der Waals surface area contributed by atoms with Crippen molar-refractivity contribution in [1.82, 2.24) is 9.80 Å². The Kier molecular flexibility index (Phi) is 4.32. The fourth-order valence-electron chi connectivity index (χ4n) is 4.99. The summed E-state index contributed by atoms with van der Waals surface area (Å²) in [6.45, 7) is 1.98. The Balaban J connectivity index is 1.44. The molecule has 0 aliphatic carbocycles. The van der Waals surface area contributed by atoms with Crippen LogP contribution in [-0.4, -0.2) is 60.2 Å². The first-order chi connectivity index (χ1) is 14.1. The van der Waals surface area contributed by atoms with Crippen molar-refractivity contribution in [3.05, 3.63) is 54.1 Å². The number of rotatable bonds is 3. The third-order valence-corrected chi connectivity index (χ3v) is 6.39. The highest BCUT2D eigenvalue weighted by molar-refractivity contribution is 5.97. The van der Waals surface area contributed by atoms with Crippen molar-refractivity contribution < 1.29 is 19.1 Å². The largest absolute Gasteiger partial charge is 0.497 e. The van der Waals surface area contributed by atoms with Crippen LogP contribution in [0.3, 0.4) is 0 Å². The molecule has 5 rings (SSSR count). The van der Waals surface area contributed by atoms with Gasteiger partial charge in [-0.1, -0.05) is 24.3 Å². The van der Waals surface area contributed by atoms with E-state index in [1.165, 1.54) is 0 Å². The fraction of sp³-hybridized carbons (Fsp3) is 0.391. The molecule has 0 N–H and O–H groups in total. The van der Waals surface area contributed by atoms with E-state index in [1.807, 2.05) is 58.3 Å². The first kappa shape index (κ1) is 18.2. The predicted molar refractivity (Wildman–Crippen MR) is 108 cm³/mol. The van der Waals surface area contributed by atoms with E-state index in [0.29, 0.717) is 31.6 Å². The number of methoxy groups -OCH3 is 1. The predicted octanol–water partition coefficient (Wildman–Crippen LogP) is 2.93. The Morgan fingerprint density at radius 3 is 2.76 bits per heavy atom. The van der Waals surface area contributed by atoms with E-state index in [2.05, 4.69) is 0 Å². The Morgan fingerprint density at radius 1 is 1.14 bits per heavy atom. The molecule has 0 aromatic heterocycles. The van der Waals surface area contributed by atoms with Gasteiger partial charge in [-0.25, -0.2) is 0 Å². The third-order valence-electron chi connectivity index (χ3n) is 6.39. The van der Waals surface area contributed by atoms with Gasteiger partial charge in [-0.2, -0.15) is 0 Å². The highest BCUT2D eigenvalue weighted by atomic mass is 16.5. The van der Waals surface area contributed by atoms with E-state index in [4.69, 9.17) is 9.47 Å². The van der Waals surface area contributed by atoms with Gasteiger partial charge in [-0.3, -0.25) is 9.59 Å². The average Bonchev–Trinajstić information content (AvgIpc) is 3.25. The number of carbonyl (C=O) groups excluding carboxylic acids is 2. The maximum absolute atomic E-state index is 13.4. The van der Waals surface area contributed by atoms with Crippen LogP contribution in [0.15, 0.2) is 48.5 Å². The summed E-state index contributed by atoms with van der Waals surface area (Å²) >= 11 is 0. The Hall–Kier alpha value is -2.86. The minimum absolute atomic E-state index is 0.0413. The molecule has 29 heavy (non-hydrogen) atoms. The smallest absolute Gasteiger partial charge is 0.254 e. The number of hydrogen-bond donors (Lipinski definition) is 0. The molecule has 2 amide bonds. The number of ether oxygens (including phenoxy) is 2. The number of amides is 2. The number of hydrogen-bond acceptors (Lipinski definition) is 4. The van der Waals surface area contributed by atoms with Crippen molar-refractivity contribution >= 4 is 11.8 Å². The van der Waals surface area contributed by atoms with Crippen LogP contribution in [0.5, 0.6) is 5.75 Å². The first-order valence-corrected chi connectivity index (χ1v) is 10.1. The van der Waals surface area contributed by atoms with Gasteiger partial charge in [-0.05, 0) is 41.8 Å². The second-order valence-electron chi connectivity index (χ2n) is 7.87. The first-order valence-electron chi connectivity index (χ1n) is 10.1. The van der Waals surface area contributed by atoms with E-state index in [9.17, 15) is 9.59 Å². The van der Waals surface area contributed by atoms with Gasteiger partial charge >= 0.3 is 0 Å². The molecule has 2 aromatic carbocycles. The third kappa shape index (κ3) is 2.82. The molecule has 1 spiro atoms. The minimum atomic E-state index is -0.616. The van der Waals surface area contributed by atoms with Gasteiger partial charge in [0.15, 0.2) is 5.72 Å². The number of nitrogens with zero attached hydrogens (tertiary/aromatic N) is 2. The molecule has 6 nitrogen and oxygen atoms in total. The lowest BCUT2D eigenvalue weighted by atomic mass is 10.0. The van der Waals surface area contributed by atoms with Gasteiger partial charge in [0, 0.05) is 25.1 Å². The molecule has 3 heterocycles. The van der Waals surface area contributed by atoms with Crippen molar-refractivity contribution in [2.24, 2.45) is 0 Å². The van der Waals surface area contributed by atoms with Crippen molar-refractivity contribution in [3.63, 3.8) is 0 Å². The van der Waals surface area contributed by atoms with Crippen LogP contribution in [0, 0.1) is 0 Å². The van der Waals surface area contributed by atoms with Crippen molar-refractivity contribution in [2.75, 3.05) is 26.8 Å². The zero-order valence-electron chi connectivity index (χ0n) is 16.5. The Bertz CT molecular complexity index is 975. The summed E-state index contributed by atoms with van der Waals surface area (Å²) in [7, 11) is 1.64. The number of benzene rings is 2.